The van der Waals surface area contributed by atoms with E-state index in [4.69, 9.17) is 19.4 Å². The summed E-state index contributed by atoms with van der Waals surface area (Å²) in [6.07, 6.45) is 0. The summed E-state index contributed by atoms with van der Waals surface area (Å²) >= 11 is 0. The van der Waals surface area contributed by atoms with Crippen LogP contribution in [0.4, 0.5) is 0 Å². The molecule has 3 aromatic heterocycles. The Morgan fingerprint density at radius 3 is 1.82 bits per heavy atom. The summed E-state index contributed by atoms with van der Waals surface area (Å²) in [4.78, 5) is 15.2. The van der Waals surface area contributed by atoms with Gasteiger partial charge in [-0.2, -0.15) is 9.97 Å². The summed E-state index contributed by atoms with van der Waals surface area (Å²) in [5.41, 5.74) is 7.88. The van der Waals surface area contributed by atoms with Crippen molar-refractivity contribution in [3.63, 3.8) is 0 Å². The fourth-order valence-corrected chi connectivity index (χ4v) is 6.17. The number of benzene rings is 6. The highest BCUT2D eigenvalue weighted by molar-refractivity contribution is 6.10. The predicted octanol–water partition coefficient (Wildman–Crippen LogP) is 9.87. The van der Waals surface area contributed by atoms with Crippen LogP contribution in [0.1, 0.15) is 0 Å². The van der Waals surface area contributed by atoms with Crippen molar-refractivity contribution in [2.75, 3.05) is 0 Å². The van der Waals surface area contributed by atoms with Crippen molar-refractivity contribution in [1.82, 2.24) is 19.5 Å². The average molecular weight is 565 g/mol. The standard InChI is InChI=1S/C39H24N4O/c1-3-11-25(12-4-1)27-20-22-34-32(23-27)29-15-7-9-17-33(29)43(34)39-41-37(26-13-5-2-6-14-26)40-38(42-39)28-19-21-31-30-16-8-10-18-35(30)44-36(31)24-28/h1-24H. The highest BCUT2D eigenvalue weighted by atomic mass is 16.3. The van der Waals surface area contributed by atoms with Gasteiger partial charge in [-0.3, -0.25) is 4.57 Å². The molecule has 3 heterocycles. The second-order valence-electron chi connectivity index (χ2n) is 10.9. The van der Waals surface area contributed by atoms with Crippen molar-refractivity contribution in [3.8, 4) is 39.9 Å². The summed E-state index contributed by atoms with van der Waals surface area (Å²) < 4.78 is 8.37. The Kier molecular flexibility index (Phi) is 5.43. The maximum Gasteiger partial charge on any atom is 0.238 e. The lowest BCUT2D eigenvalue weighted by atomic mass is 10.0. The zero-order chi connectivity index (χ0) is 29.0. The first-order chi connectivity index (χ1) is 21.8. The van der Waals surface area contributed by atoms with E-state index in [1.165, 1.54) is 11.1 Å². The van der Waals surface area contributed by atoms with E-state index in [0.717, 1.165) is 54.9 Å². The van der Waals surface area contributed by atoms with E-state index < -0.39 is 0 Å². The molecule has 0 saturated heterocycles. The molecular weight excluding hydrogens is 540 g/mol. The average Bonchev–Trinajstić information content (AvgIpc) is 3.64. The molecule has 5 nitrogen and oxygen atoms in total. The van der Waals surface area contributed by atoms with Crippen LogP contribution < -0.4 is 0 Å². The van der Waals surface area contributed by atoms with Crippen molar-refractivity contribution in [1.29, 1.82) is 0 Å². The van der Waals surface area contributed by atoms with Crippen LogP contribution in [-0.2, 0) is 0 Å². The van der Waals surface area contributed by atoms with E-state index in [2.05, 4.69) is 89.5 Å². The first-order valence-electron chi connectivity index (χ1n) is 14.6. The molecule has 5 heteroatoms. The Balaban J connectivity index is 1.29. The molecule has 9 aromatic rings. The summed E-state index contributed by atoms with van der Waals surface area (Å²) in [5.74, 6) is 1.77. The van der Waals surface area contributed by atoms with E-state index in [1.807, 2.05) is 60.7 Å². The van der Waals surface area contributed by atoms with E-state index in [9.17, 15) is 0 Å². The van der Waals surface area contributed by atoms with E-state index in [0.29, 0.717) is 17.6 Å². The second-order valence-corrected chi connectivity index (χ2v) is 10.9. The van der Waals surface area contributed by atoms with Crippen molar-refractivity contribution >= 4 is 43.7 Å². The van der Waals surface area contributed by atoms with Crippen LogP contribution >= 0.6 is 0 Å². The summed E-state index contributed by atoms with van der Waals surface area (Å²) in [6, 6.07) is 49.9. The van der Waals surface area contributed by atoms with Crippen molar-refractivity contribution in [2.45, 2.75) is 0 Å². The van der Waals surface area contributed by atoms with Crippen LogP contribution in [0.2, 0.25) is 0 Å². The fraction of sp³-hybridized carbons (Fsp3) is 0. The molecule has 0 radical (unpaired) electrons. The molecular formula is C39H24N4O. The van der Waals surface area contributed by atoms with Crippen LogP contribution in [0.3, 0.4) is 0 Å². The Labute approximate surface area is 252 Å². The highest BCUT2D eigenvalue weighted by Gasteiger charge is 2.19. The van der Waals surface area contributed by atoms with Gasteiger partial charge in [-0.1, -0.05) is 109 Å². The second kappa shape index (κ2) is 9.75. The Bertz CT molecular complexity index is 2490. The highest BCUT2D eigenvalue weighted by Crippen LogP contribution is 2.36. The molecule has 44 heavy (non-hydrogen) atoms. The van der Waals surface area contributed by atoms with Gasteiger partial charge in [0.1, 0.15) is 11.2 Å². The number of fused-ring (bicyclic) bond motifs is 6. The van der Waals surface area contributed by atoms with Crippen molar-refractivity contribution < 1.29 is 4.42 Å². The van der Waals surface area contributed by atoms with Gasteiger partial charge in [0.2, 0.25) is 5.95 Å². The number of hydrogen-bond acceptors (Lipinski definition) is 4. The number of furan rings is 1. The van der Waals surface area contributed by atoms with Crippen molar-refractivity contribution in [2.24, 2.45) is 0 Å². The molecule has 0 bridgehead atoms. The normalized spacial score (nSPS) is 11.6. The molecule has 0 fully saturated rings. The number of para-hydroxylation sites is 2. The number of rotatable bonds is 4. The number of nitrogens with zero attached hydrogens (tertiary/aromatic N) is 4. The molecule has 0 aliphatic carbocycles. The van der Waals surface area contributed by atoms with Crippen LogP contribution in [0.5, 0.6) is 0 Å². The van der Waals surface area contributed by atoms with E-state index in [1.54, 1.807) is 0 Å². The minimum absolute atomic E-state index is 0.567. The summed E-state index contributed by atoms with van der Waals surface area (Å²) in [6.45, 7) is 0. The lowest BCUT2D eigenvalue weighted by Crippen LogP contribution is -2.06. The molecule has 0 N–H and O–H groups in total. The van der Waals surface area contributed by atoms with Gasteiger partial charge in [-0.15, -0.1) is 0 Å². The minimum atomic E-state index is 0.567. The summed E-state index contributed by atoms with van der Waals surface area (Å²) in [7, 11) is 0. The van der Waals surface area contributed by atoms with Gasteiger partial charge >= 0.3 is 0 Å². The molecule has 0 unspecified atom stereocenters. The molecule has 9 rings (SSSR count). The van der Waals surface area contributed by atoms with Gasteiger partial charge in [0, 0.05) is 32.7 Å². The topological polar surface area (TPSA) is 56.7 Å². The van der Waals surface area contributed by atoms with Gasteiger partial charge in [0.15, 0.2) is 11.6 Å². The fourth-order valence-electron chi connectivity index (χ4n) is 6.17. The lowest BCUT2D eigenvalue weighted by molar-refractivity contribution is 0.669. The summed E-state index contributed by atoms with van der Waals surface area (Å²) in [5, 5.41) is 4.45. The van der Waals surface area contributed by atoms with E-state index >= 15 is 0 Å². The molecule has 0 aliphatic heterocycles. The maximum atomic E-state index is 6.22. The Morgan fingerprint density at radius 2 is 1.00 bits per heavy atom. The lowest BCUT2D eigenvalue weighted by Gasteiger charge is -2.11. The Hall–Kier alpha value is -6.07. The van der Waals surface area contributed by atoms with Gasteiger partial charge in [0.25, 0.3) is 0 Å². The molecule has 0 atom stereocenters. The number of hydrogen-bond donors (Lipinski definition) is 0. The molecule has 206 valence electrons. The number of aromatic nitrogens is 4. The quantitative estimate of drug-likeness (QED) is 0.213. The zero-order valence-corrected chi connectivity index (χ0v) is 23.6. The third-order valence-corrected chi connectivity index (χ3v) is 8.27. The monoisotopic (exact) mass is 564 g/mol. The van der Waals surface area contributed by atoms with Gasteiger partial charge in [-0.25, -0.2) is 4.98 Å². The first kappa shape index (κ1) is 24.5. The Morgan fingerprint density at radius 1 is 0.386 bits per heavy atom. The molecule has 0 spiro atoms. The van der Waals surface area contributed by atoms with Gasteiger partial charge in [0.05, 0.1) is 11.0 Å². The third-order valence-electron chi connectivity index (χ3n) is 8.27. The van der Waals surface area contributed by atoms with Crippen molar-refractivity contribution in [3.05, 3.63) is 146 Å². The van der Waals surface area contributed by atoms with E-state index in [-0.39, 0.29) is 0 Å². The van der Waals surface area contributed by atoms with Crippen LogP contribution in [0, 0.1) is 0 Å². The molecule has 0 amide bonds. The molecule has 0 saturated carbocycles. The largest absolute Gasteiger partial charge is 0.456 e. The molecule has 6 aromatic carbocycles. The molecule has 0 aliphatic rings. The van der Waals surface area contributed by atoms with Gasteiger partial charge in [-0.05, 0) is 47.5 Å². The van der Waals surface area contributed by atoms with Gasteiger partial charge < -0.3 is 4.42 Å². The van der Waals surface area contributed by atoms with Crippen LogP contribution in [0.15, 0.2) is 150 Å². The SMILES string of the molecule is c1ccc(-c2ccc3c(c2)c2ccccc2n3-c2nc(-c3ccccc3)nc(-c3ccc4c(c3)oc3ccccc34)n2)cc1. The minimum Gasteiger partial charge on any atom is -0.456 e. The smallest absolute Gasteiger partial charge is 0.238 e. The van der Waals surface area contributed by atoms with Crippen LogP contribution in [0.25, 0.3) is 83.6 Å². The first-order valence-corrected chi connectivity index (χ1v) is 14.6. The third kappa shape index (κ3) is 3.91. The zero-order valence-electron chi connectivity index (χ0n) is 23.6. The predicted molar refractivity (Wildman–Crippen MR) is 178 cm³/mol. The van der Waals surface area contributed by atoms with Crippen LogP contribution in [-0.4, -0.2) is 19.5 Å². The maximum absolute atomic E-state index is 6.22.